The highest BCUT2D eigenvalue weighted by atomic mass is 15.1. The zero-order valence-corrected chi connectivity index (χ0v) is 12.8. The van der Waals surface area contributed by atoms with E-state index in [4.69, 9.17) is 4.98 Å². The third-order valence-electron chi connectivity index (χ3n) is 4.82. The summed E-state index contributed by atoms with van der Waals surface area (Å²) in [5.41, 5.74) is 2.39. The van der Waals surface area contributed by atoms with Gasteiger partial charge < -0.3 is 9.88 Å². The summed E-state index contributed by atoms with van der Waals surface area (Å²) in [5, 5.41) is 3.51. The molecule has 0 saturated heterocycles. The molecular weight excluding hydrogens is 246 g/mol. The number of para-hydroxylation sites is 2. The number of fused-ring (bicyclic) bond motifs is 1. The molecule has 3 nitrogen and oxygen atoms in total. The van der Waals surface area contributed by atoms with Crippen LogP contribution in [0, 0.1) is 11.8 Å². The summed E-state index contributed by atoms with van der Waals surface area (Å²) in [4.78, 5) is 4.86. The van der Waals surface area contributed by atoms with Gasteiger partial charge in [0.15, 0.2) is 0 Å². The van der Waals surface area contributed by atoms with Gasteiger partial charge in [0.2, 0.25) is 0 Å². The van der Waals surface area contributed by atoms with Crippen LogP contribution in [0.4, 0.5) is 0 Å². The van der Waals surface area contributed by atoms with Gasteiger partial charge in [-0.25, -0.2) is 4.98 Å². The quantitative estimate of drug-likeness (QED) is 0.874. The first-order chi connectivity index (χ1) is 9.74. The SMILES string of the molecule is CCn1c(CC(NC)C(C)C2CC2)nc2ccccc21. The van der Waals surface area contributed by atoms with Gasteiger partial charge in [-0.2, -0.15) is 0 Å². The maximum Gasteiger partial charge on any atom is 0.111 e. The Hall–Kier alpha value is -1.35. The lowest BCUT2D eigenvalue weighted by Gasteiger charge is -2.23. The Kier molecular flexibility index (Phi) is 3.79. The van der Waals surface area contributed by atoms with Crippen LogP contribution in [-0.2, 0) is 13.0 Å². The minimum absolute atomic E-state index is 0.532. The minimum atomic E-state index is 0.532. The van der Waals surface area contributed by atoms with Gasteiger partial charge in [-0.3, -0.25) is 0 Å². The van der Waals surface area contributed by atoms with Gasteiger partial charge in [-0.1, -0.05) is 19.1 Å². The molecule has 0 radical (unpaired) electrons. The molecule has 1 aliphatic carbocycles. The maximum atomic E-state index is 4.86. The molecule has 0 aliphatic heterocycles. The molecule has 1 aromatic heterocycles. The van der Waals surface area contributed by atoms with Crippen molar-refractivity contribution in [3.05, 3.63) is 30.1 Å². The first kappa shape index (κ1) is 13.6. The summed E-state index contributed by atoms with van der Waals surface area (Å²) in [6, 6.07) is 8.99. The molecule has 0 amide bonds. The zero-order valence-electron chi connectivity index (χ0n) is 12.8. The van der Waals surface area contributed by atoms with Crippen molar-refractivity contribution >= 4 is 11.0 Å². The summed E-state index contributed by atoms with van der Waals surface area (Å²) < 4.78 is 2.36. The van der Waals surface area contributed by atoms with Crippen molar-refractivity contribution in [2.24, 2.45) is 11.8 Å². The van der Waals surface area contributed by atoms with Crippen molar-refractivity contribution < 1.29 is 0 Å². The molecule has 1 aromatic carbocycles. The van der Waals surface area contributed by atoms with Crippen LogP contribution in [0.5, 0.6) is 0 Å². The van der Waals surface area contributed by atoms with Crippen LogP contribution in [0.2, 0.25) is 0 Å². The van der Waals surface area contributed by atoms with Gasteiger partial charge in [0, 0.05) is 19.0 Å². The van der Waals surface area contributed by atoms with Crippen molar-refractivity contribution in [1.29, 1.82) is 0 Å². The summed E-state index contributed by atoms with van der Waals surface area (Å²) >= 11 is 0. The Morgan fingerprint density at radius 3 is 2.75 bits per heavy atom. The minimum Gasteiger partial charge on any atom is -0.328 e. The van der Waals surface area contributed by atoms with Crippen LogP contribution in [0.15, 0.2) is 24.3 Å². The van der Waals surface area contributed by atoms with Gasteiger partial charge in [0.25, 0.3) is 0 Å². The number of likely N-dealkylation sites (N-methyl/N-ethyl adjacent to an activating group) is 1. The van der Waals surface area contributed by atoms with Crippen LogP contribution in [0.3, 0.4) is 0 Å². The Balaban J connectivity index is 1.88. The number of hydrogen-bond donors (Lipinski definition) is 1. The second kappa shape index (κ2) is 5.57. The Morgan fingerprint density at radius 2 is 2.10 bits per heavy atom. The first-order valence-corrected chi connectivity index (χ1v) is 7.86. The largest absolute Gasteiger partial charge is 0.328 e. The maximum absolute atomic E-state index is 4.86. The highest BCUT2D eigenvalue weighted by molar-refractivity contribution is 5.75. The van der Waals surface area contributed by atoms with Gasteiger partial charge in [0.1, 0.15) is 5.82 Å². The molecule has 1 saturated carbocycles. The second-order valence-corrected chi connectivity index (χ2v) is 6.06. The van der Waals surface area contributed by atoms with E-state index in [1.807, 2.05) is 0 Å². The number of rotatable bonds is 6. The van der Waals surface area contributed by atoms with Crippen LogP contribution in [-0.4, -0.2) is 22.6 Å². The molecular formula is C17H25N3. The van der Waals surface area contributed by atoms with Crippen molar-refractivity contribution in [3.8, 4) is 0 Å². The lowest BCUT2D eigenvalue weighted by molar-refractivity contribution is 0.350. The Bertz CT molecular complexity index is 583. The lowest BCUT2D eigenvalue weighted by atomic mass is 9.94. The molecule has 3 rings (SSSR count). The number of nitrogens with one attached hydrogen (secondary N) is 1. The van der Waals surface area contributed by atoms with Crippen LogP contribution >= 0.6 is 0 Å². The number of aryl methyl sites for hydroxylation is 1. The molecule has 1 fully saturated rings. The van der Waals surface area contributed by atoms with Crippen molar-refractivity contribution in [1.82, 2.24) is 14.9 Å². The Labute approximate surface area is 121 Å². The molecule has 0 bridgehead atoms. The van der Waals surface area contributed by atoms with Crippen molar-refractivity contribution in [2.75, 3.05) is 7.05 Å². The van der Waals surface area contributed by atoms with Gasteiger partial charge in [0.05, 0.1) is 11.0 Å². The predicted molar refractivity (Wildman–Crippen MR) is 83.8 cm³/mol. The number of aromatic nitrogens is 2. The molecule has 1 aliphatic rings. The third kappa shape index (κ3) is 2.47. The van der Waals surface area contributed by atoms with Crippen LogP contribution in [0.1, 0.15) is 32.5 Å². The van der Waals surface area contributed by atoms with Gasteiger partial charge in [-0.15, -0.1) is 0 Å². The fourth-order valence-electron chi connectivity index (χ4n) is 3.33. The zero-order chi connectivity index (χ0) is 14.1. The molecule has 2 unspecified atom stereocenters. The lowest BCUT2D eigenvalue weighted by Crippen LogP contribution is -2.36. The summed E-state index contributed by atoms with van der Waals surface area (Å²) in [5.74, 6) is 2.89. The normalized spacial score (nSPS) is 18.4. The average molecular weight is 271 g/mol. The van der Waals surface area contributed by atoms with E-state index in [1.165, 1.54) is 24.2 Å². The van der Waals surface area contributed by atoms with E-state index in [0.717, 1.165) is 30.3 Å². The van der Waals surface area contributed by atoms with E-state index >= 15 is 0 Å². The number of benzene rings is 1. The number of hydrogen-bond acceptors (Lipinski definition) is 2. The summed E-state index contributed by atoms with van der Waals surface area (Å²) in [6.07, 6.45) is 3.84. The fraction of sp³-hybridized carbons (Fsp3) is 0.588. The number of nitrogens with zero attached hydrogens (tertiary/aromatic N) is 2. The van der Waals surface area contributed by atoms with E-state index < -0.39 is 0 Å². The van der Waals surface area contributed by atoms with E-state index in [1.54, 1.807) is 0 Å². The highest BCUT2D eigenvalue weighted by Gasteiger charge is 2.33. The molecule has 0 spiro atoms. The smallest absolute Gasteiger partial charge is 0.111 e. The second-order valence-electron chi connectivity index (χ2n) is 6.06. The molecule has 20 heavy (non-hydrogen) atoms. The first-order valence-electron chi connectivity index (χ1n) is 7.86. The number of imidazole rings is 1. The fourth-order valence-corrected chi connectivity index (χ4v) is 3.33. The molecule has 108 valence electrons. The van der Waals surface area contributed by atoms with Gasteiger partial charge in [-0.05, 0) is 50.8 Å². The topological polar surface area (TPSA) is 29.9 Å². The molecule has 3 heteroatoms. The van der Waals surface area contributed by atoms with Gasteiger partial charge >= 0.3 is 0 Å². The Morgan fingerprint density at radius 1 is 1.35 bits per heavy atom. The highest BCUT2D eigenvalue weighted by Crippen LogP contribution is 2.38. The van der Waals surface area contributed by atoms with E-state index in [0.29, 0.717) is 6.04 Å². The van der Waals surface area contributed by atoms with Crippen molar-refractivity contribution in [3.63, 3.8) is 0 Å². The van der Waals surface area contributed by atoms with Crippen LogP contribution < -0.4 is 5.32 Å². The third-order valence-corrected chi connectivity index (χ3v) is 4.82. The van der Waals surface area contributed by atoms with Crippen LogP contribution in [0.25, 0.3) is 11.0 Å². The molecule has 1 heterocycles. The average Bonchev–Trinajstić information content (AvgIpc) is 3.25. The summed E-state index contributed by atoms with van der Waals surface area (Å²) in [7, 11) is 2.09. The predicted octanol–water partition coefficient (Wildman–Crippen LogP) is 3.23. The van der Waals surface area contributed by atoms with E-state index in [9.17, 15) is 0 Å². The molecule has 1 N–H and O–H groups in total. The van der Waals surface area contributed by atoms with E-state index in [-0.39, 0.29) is 0 Å². The standard InChI is InChI=1S/C17H25N3/c1-4-20-16-8-6-5-7-14(16)19-17(20)11-15(18-3)12(2)13-9-10-13/h5-8,12-13,15,18H,4,9-11H2,1-3H3. The van der Waals surface area contributed by atoms with Crippen molar-refractivity contribution in [2.45, 2.75) is 45.7 Å². The van der Waals surface area contributed by atoms with E-state index in [2.05, 4.69) is 55.0 Å². The summed E-state index contributed by atoms with van der Waals surface area (Å²) in [6.45, 7) is 5.58. The molecule has 2 aromatic rings. The monoisotopic (exact) mass is 271 g/mol. The molecule has 2 atom stereocenters.